The van der Waals surface area contributed by atoms with Crippen LogP contribution >= 0.6 is 0 Å². The summed E-state index contributed by atoms with van der Waals surface area (Å²) in [5.74, 6) is -0.285. The fourth-order valence-corrected chi connectivity index (χ4v) is 4.70. The van der Waals surface area contributed by atoms with Gasteiger partial charge in [0.05, 0.1) is 0 Å². The van der Waals surface area contributed by atoms with E-state index < -0.39 is 6.29 Å². The molecule has 1 atom stereocenters. The Kier molecular flexibility index (Phi) is 9.61. The van der Waals surface area contributed by atoms with E-state index in [0.717, 1.165) is 31.3 Å². The van der Waals surface area contributed by atoms with E-state index in [-0.39, 0.29) is 5.97 Å². The van der Waals surface area contributed by atoms with Crippen LogP contribution in [0.15, 0.2) is 46.1 Å². The van der Waals surface area contributed by atoms with Gasteiger partial charge >= 0.3 is 5.97 Å². The van der Waals surface area contributed by atoms with Gasteiger partial charge < -0.3 is 9.47 Å². The molecule has 168 valence electrons. The van der Waals surface area contributed by atoms with Gasteiger partial charge in [-0.3, -0.25) is 0 Å². The van der Waals surface area contributed by atoms with Crippen molar-refractivity contribution >= 4 is 5.97 Å². The highest BCUT2D eigenvalue weighted by atomic mass is 16.7. The quantitative estimate of drug-likeness (QED) is 0.258. The Morgan fingerprint density at radius 3 is 2.57 bits per heavy atom. The lowest BCUT2D eigenvalue weighted by atomic mass is 9.71. The molecule has 1 aliphatic heterocycles. The molecule has 2 aliphatic rings. The minimum absolute atomic E-state index is 0.285. The van der Waals surface area contributed by atoms with Gasteiger partial charge in [-0.1, -0.05) is 48.3 Å². The summed E-state index contributed by atoms with van der Waals surface area (Å²) in [5, 5.41) is 0. The Morgan fingerprint density at radius 2 is 1.87 bits per heavy atom. The topological polar surface area (TPSA) is 35.5 Å². The average Bonchev–Trinajstić information content (AvgIpc) is 3.00. The molecule has 0 unspecified atom stereocenters. The van der Waals surface area contributed by atoms with Gasteiger partial charge in [0.15, 0.2) is 0 Å². The van der Waals surface area contributed by atoms with Crippen LogP contribution in [-0.2, 0) is 14.3 Å². The maximum atomic E-state index is 11.4. The van der Waals surface area contributed by atoms with Gasteiger partial charge in [0, 0.05) is 18.3 Å². The molecular weight excluding hydrogens is 372 g/mol. The van der Waals surface area contributed by atoms with Crippen molar-refractivity contribution in [3.63, 3.8) is 0 Å². The highest BCUT2D eigenvalue weighted by Crippen LogP contribution is 2.42. The van der Waals surface area contributed by atoms with E-state index in [1.165, 1.54) is 43.3 Å². The summed E-state index contributed by atoms with van der Waals surface area (Å²) in [5.41, 5.74) is 7.59. The third kappa shape index (κ3) is 7.58. The molecule has 1 aliphatic carbocycles. The molecule has 2 rings (SSSR count). The van der Waals surface area contributed by atoms with E-state index in [2.05, 4.69) is 46.8 Å². The van der Waals surface area contributed by atoms with Crippen LogP contribution in [0.1, 0.15) is 99.3 Å². The van der Waals surface area contributed by atoms with Crippen LogP contribution in [0.4, 0.5) is 0 Å². The molecule has 1 heterocycles. The zero-order valence-corrected chi connectivity index (χ0v) is 20.1. The molecule has 0 saturated carbocycles. The standard InChI is InChI=1S/C27H42O3/c1-7-29-26-23(19-25(28)30-26)15-9-13-20(2)11-8-12-21(3)16-17-24-22(4)14-10-18-27(24,5)6/h12-13,19,26H,7-11,14-18H2,1-6H3/b20-13+,21-12+/t26-/m1/s1. The summed E-state index contributed by atoms with van der Waals surface area (Å²) < 4.78 is 10.6. The average molecular weight is 415 g/mol. The van der Waals surface area contributed by atoms with Crippen LogP contribution in [0.25, 0.3) is 0 Å². The predicted octanol–water partition coefficient (Wildman–Crippen LogP) is 7.59. The molecule has 3 nitrogen and oxygen atoms in total. The predicted molar refractivity (Wildman–Crippen MR) is 125 cm³/mol. The maximum Gasteiger partial charge on any atom is 0.333 e. The molecule has 0 aromatic carbocycles. The zero-order valence-electron chi connectivity index (χ0n) is 20.1. The molecule has 0 fully saturated rings. The molecule has 0 spiro atoms. The van der Waals surface area contributed by atoms with Gasteiger partial charge in [-0.15, -0.1) is 0 Å². The first kappa shape index (κ1) is 24.7. The summed E-state index contributed by atoms with van der Waals surface area (Å²) >= 11 is 0. The second-order valence-electron chi connectivity index (χ2n) is 9.62. The Hall–Kier alpha value is -1.61. The van der Waals surface area contributed by atoms with Gasteiger partial charge in [0.25, 0.3) is 0 Å². The highest BCUT2D eigenvalue weighted by Gasteiger charge is 2.28. The Labute approximate surface area is 184 Å². The number of ether oxygens (including phenoxy) is 2. The first-order valence-electron chi connectivity index (χ1n) is 11.8. The Balaban J connectivity index is 1.73. The third-order valence-corrected chi connectivity index (χ3v) is 6.56. The van der Waals surface area contributed by atoms with Crippen LogP contribution in [0, 0.1) is 5.41 Å². The summed E-state index contributed by atoms with van der Waals surface area (Å²) in [7, 11) is 0. The molecule has 0 saturated heterocycles. The SMILES string of the molecule is CCO[C@@H]1OC(=O)C=C1CC/C=C(\C)CC/C=C(\C)CCC1=C(C)CCCC1(C)C. The van der Waals surface area contributed by atoms with Gasteiger partial charge in [-0.05, 0) is 90.9 Å². The first-order chi connectivity index (χ1) is 14.2. The number of carbonyl (C=O) groups is 1. The van der Waals surface area contributed by atoms with Gasteiger partial charge in [0.2, 0.25) is 6.29 Å². The van der Waals surface area contributed by atoms with E-state index in [1.54, 1.807) is 17.2 Å². The lowest BCUT2D eigenvalue weighted by molar-refractivity contribution is -0.158. The molecule has 0 N–H and O–H groups in total. The number of cyclic esters (lactones) is 1. The third-order valence-electron chi connectivity index (χ3n) is 6.56. The van der Waals surface area contributed by atoms with Crippen molar-refractivity contribution in [3.8, 4) is 0 Å². The van der Waals surface area contributed by atoms with Crippen LogP contribution < -0.4 is 0 Å². The maximum absolute atomic E-state index is 11.4. The fourth-order valence-electron chi connectivity index (χ4n) is 4.70. The Morgan fingerprint density at radius 1 is 1.17 bits per heavy atom. The number of hydrogen-bond acceptors (Lipinski definition) is 3. The van der Waals surface area contributed by atoms with Crippen molar-refractivity contribution in [2.75, 3.05) is 6.61 Å². The molecule has 0 aromatic rings. The second-order valence-corrected chi connectivity index (χ2v) is 9.62. The second kappa shape index (κ2) is 11.7. The monoisotopic (exact) mass is 414 g/mol. The van der Waals surface area contributed by atoms with Gasteiger partial charge in [0.1, 0.15) is 0 Å². The normalized spacial score (nSPS) is 22.4. The number of allylic oxidation sites excluding steroid dienone is 6. The van der Waals surface area contributed by atoms with E-state index in [4.69, 9.17) is 9.47 Å². The van der Waals surface area contributed by atoms with Crippen LogP contribution in [0.3, 0.4) is 0 Å². The minimum atomic E-state index is -0.477. The van der Waals surface area contributed by atoms with E-state index in [1.807, 2.05) is 6.92 Å². The first-order valence-corrected chi connectivity index (χ1v) is 11.8. The minimum Gasteiger partial charge on any atom is -0.428 e. The van der Waals surface area contributed by atoms with Crippen LogP contribution in [-0.4, -0.2) is 18.9 Å². The fraction of sp³-hybridized carbons (Fsp3) is 0.667. The van der Waals surface area contributed by atoms with E-state index in [0.29, 0.717) is 12.0 Å². The van der Waals surface area contributed by atoms with Crippen molar-refractivity contribution in [1.82, 2.24) is 0 Å². The van der Waals surface area contributed by atoms with Crippen LogP contribution in [0.5, 0.6) is 0 Å². The van der Waals surface area contributed by atoms with Crippen molar-refractivity contribution in [2.24, 2.45) is 5.41 Å². The number of hydrogen-bond donors (Lipinski definition) is 0. The summed E-state index contributed by atoms with van der Waals surface area (Å²) in [4.78, 5) is 11.4. The summed E-state index contributed by atoms with van der Waals surface area (Å²) in [6.07, 6.45) is 16.1. The lowest BCUT2D eigenvalue weighted by Gasteiger charge is -2.35. The molecule has 0 aromatic heterocycles. The summed E-state index contributed by atoms with van der Waals surface area (Å²) in [6, 6.07) is 0. The molecular formula is C27H42O3. The molecule has 3 heteroatoms. The van der Waals surface area contributed by atoms with Crippen molar-refractivity contribution in [2.45, 2.75) is 106 Å². The zero-order chi connectivity index (χ0) is 22.1. The van der Waals surface area contributed by atoms with Gasteiger partial charge in [-0.2, -0.15) is 0 Å². The number of carbonyl (C=O) groups excluding carboxylic acids is 1. The van der Waals surface area contributed by atoms with Gasteiger partial charge in [-0.25, -0.2) is 4.79 Å². The number of rotatable bonds is 11. The lowest BCUT2D eigenvalue weighted by Crippen LogP contribution is -2.20. The molecule has 0 radical (unpaired) electrons. The van der Waals surface area contributed by atoms with E-state index >= 15 is 0 Å². The molecule has 30 heavy (non-hydrogen) atoms. The van der Waals surface area contributed by atoms with Crippen molar-refractivity contribution < 1.29 is 14.3 Å². The smallest absolute Gasteiger partial charge is 0.333 e. The van der Waals surface area contributed by atoms with Crippen LogP contribution in [0.2, 0.25) is 0 Å². The Bertz CT molecular complexity index is 718. The van der Waals surface area contributed by atoms with Crippen molar-refractivity contribution in [1.29, 1.82) is 0 Å². The highest BCUT2D eigenvalue weighted by molar-refractivity contribution is 5.85. The number of esters is 1. The largest absolute Gasteiger partial charge is 0.428 e. The summed E-state index contributed by atoms with van der Waals surface area (Å²) in [6.45, 7) is 14.1. The van der Waals surface area contributed by atoms with Crippen molar-refractivity contribution in [3.05, 3.63) is 46.1 Å². The van der Waals surface area contributed by atoms with E-state index in [9.17, 15) is 4.79 Å². The molecule has 0 bridgehead atoms. The molecule has 0 amide bonds.